The Balaban J connectivity index is 1.92. The van der Waals surface area contributed by atoms with E-state index in [-0.39, 0.29) is 16.3 Å². The Morgan fingerprint density at radius 1 is 1.36 bits per heavy atom. The predicted octanol–water partition coefficient (Wildman–Crippen LogP) is 0.850. The summed E-state index contributed by atoms with van der Waals surface area (Å²) >= 11 is 0. The lowest BCUT2D eigenvalue weighted by atomic mass is 10.1. The number of carbonyl (C=O) groups excluding carboxylic acids is 1. The first-order valence-electron chi connectivity index (χ1n) is 7.16. The third kappa shape index (κ3) is 2.39. The third-order valence-electron chi connectivity index (χ3n) is 4.17. The van der Waals surface area contributed by atoms with Crippen molar-refractivity contribution in [3.05, 3.63) is 34.2 Å². The molecule has 1 fully saturated rings. The zero-order valence-corrected chi connectivity index (χ0v) is 13.7. The molecule has 1 N–H and O–H groups in total. The van der Waals surface area contributed by atoms with E-state index in [9.17, 15) is 13.8 Å². The summed E-state index contributed by atoms with van der Waals surface area (Å²) in [6.07, 6.45) is 0. The molecule has 22 heavy (non-hydrogen) atoms. The molecule has 0 bridgehead atoms. The topological polar surface area (TPSA) is 75.2 Å². The van der Waals surface area contributed by atoms with Gasteiger partial charge >= 0.3 is 5.69 Å². The van der Waals surface area contributed by atoms with E-state index < -0.39 is 10.8 Å². The fraction of sp³-hybridized carbons (Fsp3) is 0.467. The Bertz CT molecular complexity index is 834. The van der Waals surface area contributed by atoms with Crippen molar-refractivity contribution in [1.29, 1.82) is 0 Å². The van der Waals surface area contributed by atoms with E-state index >= 15 is 0 Å². The molecule has 3 rings (SSSR count). The van der Waals surface area contributed by atoms with Crippen LogP contribution in [0, 0.1) is 0 Å². The minimum Gasteiger partial charge on any atom is -0.336 e. The molecule has 1 saturated heterocycles. The summed E-state index contributed by atoms with van der Waals surface area (Å²) < 4.78 is 13.1. The van der Waals surface area contributed by atoms with E-state index in [2.05, 4.69) is 4.98 Å². The summed E-state index contributed by atoms with van der Waals surface area (Å²) in [4.78, 5) is 28.8. The lowest BCUT2D eigenvalue weighted by Crippen LogP contribution is -2.52. The van der Waals surface area contributed by atoms with Crippen molar-refractivity contribution in [3.63, 3.8) is 0 Å². The van der Waals surface area contributed by atoms with E-state index in [4.69, 9.17) is 0 Å². The second-order valence-electron chi connectivity index (χ2n) is 6.26. The molecule has 118 valence electrons. The molecule has 2 aromatic rings. The Morgan fingerprint density at radius 3 is 2.77 bits per heavy atom. The van der Waals surface area contributed by atoms with Gasteiger partial charge in [0, 0.05) is 42.3 Å². The second-order valence-corrected chi connectivity index (χ2v) is 8.46. The molecule has 2 heterocycles. The Morgan fingerprint density at radius 2 is 2.09 bits per heavy atom. The second kappa shape index (κ2) is 5.08. The molecule has 1 amide bonds. The SMILES string of the molecule is Cn1c(=O)[nH]c2cc(C(=O)N3CCS(=O)C(C)(C)C3)ccc21. The molecule has 1 aliphatic rings. The van der Waals surface area contributed by atoms with Crippen LogP contribution in [0.5, 0.6) is 0 Å². The number of amides is 1. The molecular formula is C15H19N3O3S. The van der Waals surface area contributed by atoms with Gasteiger partial charge in [0.15, 0.2) is 0 Å². The smallest absolute Gasteiger partial charge is 0.326 e. The normalized spacial score (nSPS) is 21.2. The molecule has 7 heteroatoms. The van der Waals surface area contributed by atoms with Crippen molar-refractivity contribution in [3.8, 4) is 0 Å². The van der Waals surface area contributed by atoms with Crippen molar-refractivity contribution in [2.24, 2.45) is 7.05 Å². The van der Waals surface area contributed by atoms with Gasteiger partial charge in [0.25, 0.3) is 5.91 Å². The number of imidazole rings is 1. The lowest BCUT2D eigenvalue weighted by molar-refractivity contribution is 0.0746. The molecule has 0 saturated carbocycles. The highest BCUT2D eigenvalue weighted by Gasteiger charge is 2.35. The standard InChI is InChI=1S/C15H19N3O3S/c1-15(2)9-18(6-7-22(15)21)13(19)10-4-5-12-11(8-10)16-14(20)17(12)3/h4-5,8H,6-7,9H2,1-3H3,(H,16,20). The van der Waals surface area contributed by atoms with Crippen LogP contribution in [0.3, 0.4) is 0 Å². The Labute approximate surface area is 130 Å². The number of aryl methyl sites for hydroxylation is 1. The molecule has 0 spiro atoms. The van der Waals surface area contributed by atoms with Gasteiger partial charge in [-0.3, -0.25) is 13.6 Å². The maximum atomic E-state index is 12.7. The first-order valence-corrected chi connectivity index (χ1v) is 8.48. The number of benzene rings is 1. The molecular weight excluding hydrogens is 302 g/mol. The maximum absolute atomic E-state index is 12.7. The first-order chi connectivity index (χ1) is 10.3. The van der Waals surface area contributed by atoms with Crippen molar-refractivity contribution in [2.75, 3.05) is 18.8 Å². The number of fused-ring (bicyclic) bond motifs is 1. The molecule has 1 aromatic heterocycles. The van der Waals surface area contributed by atoms with Crippen LogP contribution in [0.25, 0.3) is 11.0 Å². The average Bonchev–Trinajstić information content (AvgIpc) is 2.75. The fourth-order valence-electron chi connectivity index (χ4n) is 2.81. The monoisotopic (exact) mass is 321 g/mol. The summed E-state index contributed by atoms with van der Waals surface area (Å²) in [6.45, 7) is 4.81. The van der Waals surface area contributed by atoms with Crippen LogP contribution in [0.2, 0.25) is 0 Å². The van der Waals surface area contributed by atoms with Crippen LogP contribution in [-0.4, -0.2) is 48.2 Å². The number of rotatable bonds is 1. The summed E-state index contributed by atoms with van der Waals surface area (Å²) in [5.74, 6) is 0.416. The van der Waals surface area contributed by atoms with Crippen LogP contribution in [-0.2, 0) is 17.8 Å². The number of H-pyrrole nitrogens is 1. The molecule has 1 unspecified atom stereocenters. The van der Waals surface area contributed by atoms with Gasteiger partial charge in [-0.15, -0.1) is 0 Å². The van der Waals surface area contributed by atoms with Gasteiger partial charge in [0.2, 0.25) is 0 Å². The number of nitrogens with one attached hydrogen (secondary N) is 1. The zero-order valence-electron chi connectivity index (χ0n) is 12.9. The van der Waals surface area contributed by atoms with E-state index in [1.807, 2.05) is 13.8 Å². The molecule has 1 aliphatic heterocycles. The van der Waals surface area contributed by atoms with Crippen LogP contribution < -0.4 is 5.69 Å². The fourth-order valence-corrected chi connectivity index (χ4v) is 4.04. The quantitative estimate of drug-likeness (QED) is 0.846. The highest BCUT2D eigenvalue weighted by molar-refractivity contribution is 7.86. The minimum atomic E-state index is -0.911. The summed E-state index contributed by atoms with van der Waals surface area (Å²) in [7, 11) is 0.775. The van der Waals surface area contributed by atoms with Crippen LogP contribution in [0.1, 0.15) is 24.2 Å². The van der Waals surface area contributed by atoms with Gasteiger partial charge in [0.05, 0.1) is 15.8 Å². The average molecular weight is 321 g/mol. The van der Waals surface area contributed by atoms with Crippen LogP contribution >= 0.6 is 0 Å². The van der Waals surface area contributed by atoms with Gasteiger partial charge in [-0.2, -0.15) is 0 Å². The van der Waals surface area contributed by atoms with E-state index in [0.29, 0.717) is 29.9 Å². The van der Waals surface area contributed by atoms with E-state index in [1.165, 1.54) is 4.57 Å². The summed E-state index contributed by atoms with van der Waals surface area (Å²) in [5, 5.41) is 0. The third-order valence-corrected chi connectivity index (χ3v) is 6.09. The van der Waals surface area contributed by atoms with Crippen LogP contribution in [0.4, 0.5) is 0 Å². The van der Waals surface area contributed by atoms with Crippen molar-refractivity contribution in [2.45, 2.75) is 18.6 Å². The summed E-state index contributed by atoms with van der Waals surface area (Å²) in [6, 6.07) is 5.21. The van der Waals surface area contributed by atoms with Crippen molar-refractivity contribution >= 4 is 27.7 Å². The number of carbonyl (C=O) groups is 1. The number of aromatic nitrogens is 2. The highest BCUT2D eigenvalue weighted by atomic mass is 32.2. The zero-order chi connectivity index (χ0) is 16.1. The Hall–Kier alpha value is -1.89. The van der Waals surface area contributed by atoms with Gasteiger partial charge < -0.3 is 9.88 Å². The van der Waals surface area contributed by atoms with Crippen molar-refractivity contribution in [1.82, 2.24) is 14.5 Å². The predicted molar refractivity (Wildman–Crippen MR) is 86.5 cm³/mol. The number of hydrogen-bond acceptors (Lipinski definition) is 3. The Kier molecular flexibility index (Phi) is 3.47. The first kappa shape index (κ1) is 15.0. The number of nitrogens with zero attached hydrogens (tertiary/aromatic N) is 2. The highest BCUT2D eigenvalue weighted by Crippen LogP contribution is 2.22. The minimum absolute atomic E-state index is 0.0867. The molecule has 0 aliphatic carbocycles. The molecule has 1 atom stereocenters. The summed E-state index contributed by atoms with van der Waals surface area (Å²) in [5.41, 5.74) is 1.76. The largest absolute Gasteiger partial charge is 0.336 e. The van der Waals surface area contributed by atoms with Gasteiger partial charge in [0.1, 0.15) is 0 Å². The van der Waals surface area contributed by atoms with Gasteiger partial charge in [-0.1, -0.05) is 0 Å². The number of aromatic amines is 1. The van der Waals surface area contributed by atoms with Gasteiger partial charge in [-0.25, -0.2) is 4.79 Å². The van der Waals surface area contributed by atoms with E-state index in [0.717, 1.165) is 5.52 Å². The lowest BCUT2D eigenvalue weighted by Gasteiger charge is -2.37. The van der Waals surface area contributed by atoms with Crippen LogP contribution in [0.15, 0.2) is 23.0 Å². The van der Waals surface area contributed by atoms with Crippen molar-refractivity contribution < 1.29 is 9.00 Å². The molecule has 6 nitrogen and oxygen atoms in total. The van der Waals surface area contributed by atoms with E-state index in [1.54, 1.807) is 30.1 Å². The molecule has 1 aromatic carbocycles. The number of hydrogen-bond donors (Lipinski definition) is 1. The molecule has 0 radical (unpaired) electrons. The van der Waals surface area contributed by atoms with Gasteiger partial charge in [-0.05, 0) is 32.0 Å². The maximum Gasteiger partial charge on any atom is 0.326 e.